The van der Waals surface area contributed by atoms with Gasteiger partial charge in [0.25, 0.3) is 0 Å². The molecule has 0 aromatic heterocycles. The Morgan fingerprint density at radius 3 is 1.88 bits per heavy atom. The van der Waals surface area contributed by atoms with Crippen LogP contribution in [-0.4, -0.2) is 0 Å². The van der Waals surface area contributed by atoms with Gasteiger partial charge in [-0.05, 0) is 57.3 Å². The maximum atomic E-state index is 3.60. The highest BCUT2D eigenvalue weighted by atomic mass is 14.9. The molecule has 0 saturated heterocycles. The number of fused-ring (bicyclic) bond motifs is 3. The minimum atomic E-state index is -0.0809. The van der Waals surface area contributed by atoms with E-state index in [1.54, 1.807) is 0 Å². The largest absolute Gasteiger partial charge is 0.356 e. The molecule has 3 aromatic carbocycles. The summed E-state index contributed by atoms with van der Waals surface area (Å²) in [5.41, 5.74) is 8.09. The molecular weight excluding hydrogens is 410 g/mol. The first kappa shape index (κ1) is 22.7. The van der Waals surface area contributed by atoms with Gasteiger partial charge in [0.15, 0.2) is 0 Å². The normalized spacial score (nSPS) is 23.5. The summed E-state index contributed by atoms with van der Waals surface area (Å²) < 4.78 is 0. The number of benzene rings is 3. The highest BCUT2D eigenvalue weighted by Gasteiger charge is 2.57. The standard InChI is InChI=1S/C33H37N/c1-31(2,3)23-15-19-25(20-16-23)34-26-21-17-24(18-22-26)33(32(4,5)6)29-13-9-7-11-27(29)28-12-8-10-14-30(28)33/h7-22,27,29,34H,1-6H3. The van der Waals surface area contributed by atoms with Crippen LogP contribution < -0.4 is 5.32 Å². The Kier molecular flexibility index (Phi) is 5.35. The monoisotopic (exact) mass is 447 g/mol. The van der Waals surface area contributed by atoms with Gasteiger partial charge in [-0.25, -0.2) is 0 Å². The SMILES string of the molecule is CC(C)(C)c1ccc(Nc2ccc(C3(C(C)(C)C)c4ccccc4C4C=CC=CC43)cc2)cc1. The quantitative estimate of drug-likeness (QED) is 0.422. The van der Waals surface area contributed by atoms with Gasteiger partial charge in [-0.15, -0.1) is 0 Å². The Labute approximate surface area is 205 Å². The molecule has 34 heavy (non-hydrogen) atoms. The van der Waals surface area contributed by atoms with Crippen molar-refractivity contribution < 1.29 is 0 Å². The van der Waals surface area contributed by atoms with Crippen molar-refractivity contribution in [2.45, 2.75) is 58.3 Å². The molecule has 1 N–H and O–H groups in total. The van der Waals surface area contributed by atoms with Crippen LogP contribution in [0.15, 0.2) is 97.1 Å². The summed E-state index contributed by atoms with van der Waals surface area (Å²) in [6, 6.07) is 27.1. The van der Waals surface area contributed by atoms with Crippen LogP contribution in [0.1, 0.15) is 69.7 Å². The molecule has 1 nitrogen and oxygen atoms in total. The lowest BCUT2D eigenvalue weighted by Crippen LogP contribution is -2.45. The van der Waals surface area contributed by atoms with Crippen molar-refractivity contribution in [3.63, 3.8) is 0 Å². The fourth-order valence-corrected chi connectivity index (χ4v) is 6.37. The van der Waals surface area contributed by atoms with Gasteiger partial charge in [0.1, 0.15) is 0 Å². The van der Waals surface area contributed by atoms with E-state index in [0.29, 0.717) is 11.8 Å². The number of allylic oxidation sites excluding steroid dienone is 4. The van der Waals surface area contributed by atoms with E-state index in [4.69, 9.17) is 0 Å². The van der Waals surface area contributed by atoms with E-state index in [1.165, 1.54) is 22.3 Å². The minimum absolute atomic E-state index is 0.0514. The molecule has 5 rings (SSSR count). The first-order valence-electron chi connectivity index (χ1n) is 12.5. The van der Waals surface area contributed by atoms with Crippen molar-refractivity contribution >= 4 is 11.4 Å². The van der Waals surface area contributed by atoms with Gasteiger partial charge in [-0.1, -0.05) is 114 Å². The second kappa shape index (κ2) is 8.01. The summed E-state index contributed by atoms with van der Waals surface area (Å²) in [7, 11) is 0. The summed E-state index contributed by atoms with van der Waals surface area (Å²) in [5, 5.41) is 3.60. The molecule has 0 spiro atoms. The van der Waals surface area contributed by atoms with E-state index in [1.807, 2.05) is 0 Å². The molecule has 2 aliphatic carbocycles. The summed E-state index contributed by atoms with van der Waals surface area (Å²) >= 11 is 0. The molecule has 0 fully saturated rings. The lowest BCUT2D eigenvalue weighted by atomic mass is 9.54. The fourth-order valence-electron chi connectivity index (χ4n) is 6.37. The third kappa shape index (κ3) is 3.54. The molecule has 0 amide bonds. The maximum absolute atomic E-state index is 3.60. The van der Waals surface area contributed by atoms with Crippen LogP contribution in [0.5, 0.6) is 0 Å². The van der Waals surface area contributed by atoms with Gasteiger partial charge in [-0.2, -0.15) is 0 Å². The third-order valence-corrected chi connectivity index (χ3v) is 7.94. The van der Waals surface area contributed by atoms with E-state index in [2.05, 4.69) is 144 Å². The molecule has 0 heterocycles. The zero-order valence-electron chi connectivity index (χ0n) is 21.4. The smallest absolute Gasteiger partial charge is 0.0384 e. The van der Waals surface area contributed by atoms with Crippen LogP contribution in [0.4, 0.5) is 11.4 Å². The second-order valence-corrected chi connectivity index (χ2v) is 12.0. The Hall–Kier alpha value is -3.06. The predicted molar refractivity (Wildman–Crippen MR) is 146 cm³/mol. The summed E-state index contributed by atoms with van der Waals surface area (Å²) in [4.78, 5) is 0. The van der Waals surface area contributed by atoms with Crippen LogP contribution in [0.2, 0.25) is 0 Å². The molecule has 0 aliphatic heterocycles. The van der Waals surface area contributed by atoms with Gasteiger partial charge in [0.2, 0.25) is 0 Å². The Balaban J connectivity index is 1.53. The van der Waals surface area contributed by atoms with Crippen molar-refractivity contribution in [3.05, 3.63) is 119 Å². The van der Waals surface area contributed by atoms with Gasteiger partial charge in [0, 0.05) is 28.6 Å². The number of anilines is 2. The molecule has 0 bridgehead atoms. The van der Waals surface area contributed by atoms with Gasteiger partial charge in [0.05, 0.1) is 0 Å². The van der Waals surface area contributed by atoms with Crippen LogP contribution >= 0.6 is 0 Å². The van der Waals surface area contributed by atoms with Gasteiger partial charge >= 0.3 is 0 Å². The lowest BCUT2D eigenvalue weighted by Gasteiger charge is -2.48. The zero-order chi connectivity index (χ0) is 24.1. The van der Waals surface area contributed by atoms with Gasteiger partial charge in [-0.3, -0.25) is 0 Å². The highest BCUT2D eigenvalue weighted by Crippen LogP contribution is 2.63. The first-order chi connectivity index (χ1) is 16.1. The third-order valence-electron chi connectivity index (χ3n) is 7.94. The summed E-state index contributed by atoms with van der Waals surface area (Å²) in [6.07, 6.45) is 9.30. The van der Waals surface area contributed by atoms with E-state index < -0.39 is 0 Å². The molecular formula is C33H37N. The van der Waals surface area contributed by atoms with E-state index in [0.717, 1.165) is 11.4 Å². The summed E-state index contributed by atoms with van der Waals surface area (Å²) in [5.74, 6) is 0.846. The highest BCUT2D eigenvalue weighted by molar-refractivity contribution is 5.63. The Morgan fingerprint density at radius 1 is 0.676 bits per heavy atom. The molecule has 0 saturated carbocycles. The van der Waals surface area contributed by atoms with Crippen LogP contribution in [-0.2, 0) is 10.8 Å². The Morgan fingerprint density at radius 2 is 1.26 bits per heavy atom. The average molecular weight is 448 g/mol. The van der Waals surface area contributed by atoms with Crippen LogP contribution in [0, 0.1) is 11.3 Å². The molecule has 1 heteroatoms. The second-order valence-electron chi connectivity index (χ2n) is 12.0. The summed E-state index contributed by atoms with van der Waals surface area (Å²) in [6.45, 7) is 14.0. The number of rotatable bonds is 3. The van der Waals surface area contributed by atoms with Gasteiger partial charge < -0.3 is 5.32 Å². The van der Waals surface area contributed by atoms with Crippen molar-refractivity contribution in [2.24, 2.45) is 11.3 Å². The predicted octanol–water partition coefficient (Wildman–Crippen LogP) is 8.90. The fraction of sp³-hybridized carbons (Fsp3) is 0.333. The van der Waals surface area contributed by atoms with E-state index >= 15 is 0 Å². The van der Waals surface area contributed by atoms with Crippen LogP contribution in [0.25, 0.3) is 0 Å². The van der Waals surface area contributed by atoms with Crippen molar-refractivity contribution in [3.8, 4) is 0 Å². The maximum Gasteiger partial charge on any atom is 0.0384 e. The topological polar surface area (TPSA) is 12.0 Å². The Bertz CT molecular complexity index is 1230. The number of hydrogen-bond donors (Lipinski definition) is 1. The zero-order valence-corrected chi connectivity index (χ0v) is 21.4. The van der Waals surface area contributed by atoms with Crippen molar-refractivity contribution in [1.29, 1.82) is 0 Å². The average Bonchev–Trinajstić information content (AvgIpc) is 3.11. The molecule has 0 radical (unpaired) electrons. The molecule has 2 aliphatic rings. The van der Waals surface area contributed by atoms with Crippen molar-refractivity contribution in [1.82, 2.24) is 0 Å². The molecule has 3 unspecified atom stereocenters. The van der Waals surface area contributed by atoms with Crippen molar-refractivity contribution in [2.75, 3.05) is 5.32 Å². The lowest BCUT2D eigenvalue weighted by molar-refractivity contribution is 0.180. The van der Waals surface area contributed by atoms with E-state index in [-0.39, 0.29) is 16.2 Å². The first-order valence-corrected chi connectivity index (χ1v) is 12.5. The van der Waals surface area contributed by atoms with E-state index in [9.17, 15) is 0 Å². The molecule has 3 aromatic rings. The number of hydrogen-bond acceptors (Lipinski definition) is 1. The molecule has 3 atom stereocenters. The van der Waals surface area contributed by atoms with Crippen LogP contribution in [0.3, 0.4) is 0 Å². The number of nitrogens with one attached hydrogen (secondary N) is 1. The minimum Gasteiger partial charge on any atom is -0.356 e. The molecule has 174 valence electrons.